The number of carbonyl (C=O) groups excluding carboxylic acids is 1. The maximum Gasteiger partial charge on any atom is 0.234 e. The lowest BCUT2D eigenvalue weighted by Gasteiger charge is -2.40. The minimum Gasteiger partial charge on any atom is -0.393 e. The minimum absolute atomic E-state index is 0.135. The fraction of sp³-hybridized carbons (Fsp3) is 0.941. The Morgan fingerprint density at radius 3 is 2.57 bits per heavy atom. The smallest absolute Gasteiger partial charge is 0.234 e. The number of aliphatic hydroxyl groups excluding tert-OH is 1. The molecule has 122 valence electrons. The SMILES string of the molecule is CC(C)C(C)NC(=O)CN1CCCCC1C1CCCC1O. The van der Waals surface area contributed by atoms with Gasteiger partial charge in [0.25, 0.3) is 0 Å². The number of hydrogen-bond acceptors (Lipinski definition) is 3. The Balaban J connectivity index is 1.91. The van der Waals surface area contributed by atoms with Gasteiger partial charge in [-0.25, -0.2) is 0 Å². The van der Waals surface area contributed by atoms with Crippen molar-refractivity contribution in [1.29, 1.82) is 0 Å². The van der Waals surface area contributed by atoms with E-state index in [4.69, 9.17) is 0 Å². The van der Waals surface area contributed by atoms with Crippen LogP contribution in [0, 0.1) is 11.8 Å². The summed E-state index contributed by atoms with van der Waals surface area (Å²) in [6.07, 6.45) is 6.56. The molecule has 0 spiro atoms. The van der Waals surface area contributed by atoms with Crippen LogP contribution in [0.3, 0.4) is 0 Å². The fourth-order valence-corrected chi connectivity index (χ4v) is 3.77. The molecule has 4 heteroatoms. The summed E-state index contributed by atoms with van der Waals surface area (Å²) in [6.45, 7) is 7.81. The molecule has 2 fully saturated rings. The lowest BCUT2D eigenvalue weighted by atomic mass is 9.87. The maximum atomic E-state index is 12.3. The van der Waals surface area contributed by atoms with Crippen LogP contribution in [-0.2, 0) is 4.79 Å². The molecule has 2 aliphatic rings. The summed E-state index contributed by atoms with van der Waals surface area (Å²) in [5, 5.41) is 13.3. The van der Waals surface area contributed by atoms with Gasteiger partial charge in [0.05, 0.1) is 12.6 Å². The first-order valence-electron chi connectivity index (χ1n) is 8.70. The van der Waals surface area contributed by atoms with Crippen LogP contribution < -0.4 is 5.32 Å². The van der Waals surface area contributed by atoms with Gasteiger partial charge in [0.1, 0.15) is 0 Å². The number of aliphatic hydroxyl groups is 1. The van der Waals surface area contributed by atoms with E-state index in [0.717, 1.165) is 32.2 Å². The zero-order chi connectivity index (χ0) is 15.4. The lowest BCUT2D eigenvalue weighted by Crippen LogP contribution is -2.51. The van der Waals surface area contributed by atoms with Crippen molar-refractivity contribution in [2.75, 3.05) is 13.1 Å². The van der Waals surface area contributed by atoms with Crippen molar-refractivity contribution in [2.24, 2.45) is 11.8 Å². The van der Waals surface area contributed by atoms with Gasteiger partial charge in [-0.1, -0.05) is 26.7 Å². The summed E-state index contributed by atoms with van der Waals surface area (Å²) in [6, 6.07) is 0.620. The largest absolute Gasteiger partial charge is 0.393 e. The average molecular weight is 296 g/mol. The summed E-state index contributed by atoms with van der Waals surface area (Å²) < 4.78 is 0. The monoisotopic (exact) mass is 296 g/mol. The quantitative estimate of drug-likeness (QED) is 0.817. The molecule has 1 amide bonds. The highest BCUT2D eigenvalue weighted by atomic mass is 16.3. The van der Waals surface area contributed by atoms with E-state index in [0.29, 0.717) is 24.4 Å². The van der Waals surface area contributed by atoms with Gasteiger partial charge >= 0.3 is 0 Å². The number of rotatable bonds is 5. The highest BCUT2D eigenvalue weighted by Crippen LogP contribution is 2.35. The van der Waals surface area contributed by atoms with E-state index in [9.17, 15) is 9.90 Å². The van der Waals surface area contributed by atoms with Crippen molar-refractivity contribution in [1.82, 2.24) is 10.2 Å². The van der Waals surface area contributed by atoms with Gasteiger partial charge in [-0.2, -0.15) is 0 Å². The molecule has 4 atom stereocenters. The third-order valence-corrected chi connectivity index (χ3v) is 5.43. The third kappa shape index (κ3) is 4.43. The van der Waals surface area contributed by atoms with Crippen LogP contribution in [0.25, 0.3) is 0 Å². The number of carbonyl (C=O) groups is 1. The van der Waals surface area contributed by atoms with E-state index < -0.39 is 0 Å². The average Bonchev–Trinajstić information content (AvgIpc) is 2.85. The van der Waals surface area contributed by atoms with Crippen LogP contribution in [-0.4, -0.2) is 47.2 Å². The van der Waals surface area contributed by atoms with E-state index in [1.165, 1.54) is 12.8 Å². The molecule has 1 saturated carbocycles. The molecule has 0 bridgehead atoms. The Kier molecular flexibility index (Phi) is 6.06. The summed E-state index contributed by atoms with van der Waals surface area (Å²) in [5.74, 6) is 0.971. The van der Waals surface area contributed by atoms with Gasteiger partial charge in [-0.15, -0.1) is 0 Å². The number of nitrogens with one attached hydrogen (secondary N) is 1. The zero-order valence-corrected chi connectivity index (χ0v) is 13.8. The fourth-order valence-electron chi connectivity index (χ4n) is 3.77. The molecule has 4 unspecified atom stereocenters. The molecule has 1 aliphatic carbocycles. The van der Waals surface area contributed by atoms with Crippen LogP contribution in [0.4, 0.5) is 0 Å². The number of hydrogen-bond donors (Lipinski definition) is 2. The Morgan fingerprint density at radius 1 is 1.19 bits per heavy atom. The Hall–Kier alpha value is -0.610. The van der Waals surface area contributed by atoms with E-state index >= 15 is 0 Å². The number of piperidine rings is 1. The minimum atomic E-state index is -0.159. The second kappa shape index (κ2) is 7.59. The zero-order valence-electron chi connectivity index (χ0n) is 13.8. The molecular weight excluding hydrogens is 264 g/mol. The highest BCUT2D eigenvalue weighted by Gasteiger charge is 2.37. The molecule has 2 N–H and O–H groups in total. The van der Waals surface area contributed by atoms with E-state index in [1.54, 1.807) is 0 Å². The Bertz CT molecular complexity index is 346. The predicted molar refractivity (Wildman–Crippen MR) is 85.0 cm³/mol. The molecule has 0 aromatic heterocycles. The molecule has 1 saturated heterocycles. The van der Waals surface area contributed by atoms with Gasteiger partial charge in [0, 0.05) is 18.0 Å². The summed E-state index contributed by atoms with van der Waals surface area (Å²) in [4.78, 5) is 14.6. The number of likely N-dealkylation sites (tertiary alicyclic amines) is 1. The first-order chi connectivity index (χ1) is 9.99. The van der Waals surface area contributed by atoms with Crippen molar-refractivity contribution in [3.8, 4) is 0 Å². The number of amides is 1. The summed E-state index contributed by atoms with van der Waals surface area (Å²) in [5.41, 5.74) is 0. The highest BCUT2D eigenvalue weighted by molar-refractivity contribution is 5.78. The van der Waals surface area contributed by atoms with Gasteiger partial charge in [-0.05, 0) is 45.1 Å². The van der Waals surface area contributed by atoms with Gasteiger partial charge in [0.2, 0.25) is 5.91 Å². The number of nitrogens with zero attached hydrogens (tertiary/aromatic N) is 1. The van der Waals surface area contributed by atoms with Crippen LogP contribution in [0.15, 0.2) is 0 Å². The molecule has 0 radical (unpaired) electrons. The van der Waals surface area contributed by atoms with Crippen LogP contribution in [0.2, 0.25) is 0 Å². The first-order valence-corrected chi connectivity index (χ1v) is 8.70. The van der Waals surface area contributed by atoms with Gasteiger partial charge in [0.15, 0.2) is 0 Å². The second-order valence-corrected chi connectivity index (χ2v) is 7.30. The van der Waals surface area contributed by atoms with Crippen molar-refractivity contribution in [2.45, 2.75) is 77.5 Å². The van der Waals surface area contributed by atoms with Crippen molar-refractivity contribution in [3.05, 3.63) is 0 Å². The van der Waals surface area contributed by atoms with Crippen molar-refractivity contribution < 1.29 is 9.90 Å². The molecular formula is C17H32N2O2. The molecule has 0 aromatic carbocycles. The Morgan fingerprint density at radius 2 is 1.95 bits per heavy atom. The predicted octanol–water partition coefficient (Wildman–Crippen LogP) is 2.16. The first kappa shape index (κ1) is 16.8. The molecule has 4 nitrogen and oxygen atoms in total. The van der Waals surface area contributed by atoms with E-state index in [1.807, 2.05) is 0 Å². The molecule has 0 aromatic rings. The van der Waals surface area contributed by atoms with Gasteiger partial charge < -0.3 is 10.4 Å². The van der Waals surface area contributed by atoms with Gasteiger partial charge in [-0.3, -0.25) is 9.69 Å². The maximum absolute atomic E-state index is 12.3. The third-order valence-electron chi connectivity index (χ3n) is 5.43. The molecule has 1 aliphatic heterocycles. The van der Waals surface area contributed by atoms with Crippen LogP contribution in [0.5, 0.6) is 0 Å². The van der Waals surface area contributed by atoms with Crippen LogP contribution >= 0.6 is 0 Å². The lowest BCUT2D eigenvalue weighted by molar-refractivity contribution is -0.124. The van der Waals surface area contributed by atoms with Crippen molar-refractivity contribution in [3.63, 3.8) is 0 Å². The second-order valence-electron chi connectivity index (χ2n) is 7.30. The molecule has 2 rings (SSSR count). The summed E-state index contributed by atoms with van der Waals surface area (Å²) >= 11 is 0. The van der Waals surface area contributed by atoms with E-state index in [2.05, 4.69) is 31.0 Å². The van der Waals surface area contributed by atoms with Crippen molar-refractivity contribution >= 4 is 5.91 Å². The molecule has 21 heavy (non-hydrogen) atoms. The summed E-state index contributed by atoms with van der Waals surface area (Å²) in [7, 11) is 0. The topological polar surface area (TPSA) is 52.6 Å². The normalized spacial score (nSPS) is 32.3. The Labute approximate surface area is 129 Å². The standard InChI is InChI=1S/C17H32N2O2/c1-12(2)13(3)18-17(21)11-19-10-5-4-8-15(19)14-7-6-9-16(14)20/h12-16,20H,4-11H2,1-3H3,(H,18,21). The molecule has 1 heterocycles. The van der Waals surface area contributed by atoms with Crippen LogP contribution in [0.1, 0.15) is 59.3 Å². The van der Waals surface area contributed by atoms with E-state index in [-0.39, 0.29) is 18.1 Å².